The second-order valence-corrected chi connectivity index (χ2v) is 7.17. The molecule has 0 spiro atoms. The molecule has 1 aliphatic heterocycles. The van der Waals surface area contributed by atoms with Crippen molar-refractivity contribution in [2.75, 3.05) is 0 Å². The van der Waals surface area contributed by atoms with Crippen LogP contribution in [0.1, 0.15) is 10.4 Å². The molecule has 0 bridgehead atoms. The van der Waals surface area contributed by atoms with Crippen LogP contribution < -0.4 is 5.69 Å². The molecule has 11 nitrogen and oxygen atoms in total. The first kappa shape index (κ1) is 22.2. The lowest BCUT2D eigenvalue weighted by Crippen LogP contribution is -2.60. The molecule has 0 aromatic carbocycles. The van der Waals surface area contributed by atoms with Crippen molar-refractivity contribution in [2.45, 2.75) is 29.1 Å². The minimum absolute atomic E-state index is 0.200. The number of ether oxygens (including phenoxy) is 1. The minimum Gasteiger partial charge on any atom is -0.386 e. The topological polar surface area (TPSA) is 171 Å². The fourth-order valence-corrected chi connectivity index (χ4v) is 3.09. The Bertz CT molecular complexity index is 937. The number of halogens is 1. The molecule has 2 heterocycles. The van der Waals surface area contributed by atoms with Crippen LogP contribution in [0.4, 0.5) is 4.39 Å². The van der Waals surface area contributed by atoms with Gasteiger partial charge in [0.2, 0.25) is 0 Å². The Morgan fingerprint density at radius 1 is 1.44 bits per heavy atom. The van der Waals surface area contributed by atoms with Crippen LogP contribution in [0.15, 0.2) is 11.0 Å². The van der Waals surface area contributed by atoms with E-state index >= 15 is 4.39 Å². The summed E-state index contributed by atoms with van der Waals surface area (Å²) >= 11 is 4.71. The number of phosphoric acid groups is 1. The quantitative estimate of drug-likeness (QED) is 0.144. The molecule has 6 radical (unpaired) electrons. The summed E-state index contributed by atoms with van der Waals surface area (Å²) in [7, 11) is 10.5. The first-order chi connectivity index (χ1) is 12.1. The maximum absolute atomic E-state index is 15.2. The number of hydrogen-bond acceptors (Lipinski definition) is 8. The maximum Gasteiger partial charge on any atom is 0.468 e. The van der Waals surface area contributed by atoms with Gasteiger partial charge >= 0.3 is 13.5 Å². The first-order valence-electron chi connectivity index (χ1n) is 6.79. The second kappa shape index (κ2) is 6.74. The van der Waals surface area contributed by atoms with Crippen LogP contribution in [-0.4, -0.2) is 82.8 Å². The number of aldehydes is 1. The predicted molar refractivity (Wildman–Crippen MR) is 89.3 cm³/mol. The van der Waals surface area contributed by atoms with Crippen LogP contribution in [0.5, 0.6) is 0 Å². The molecule has 0 amide bonds. The molecule has 5 N–H and O–H groups in total. The highest BCUT2D eigenvalue weighted by molar-refractivity contribution is 7.71. The first-order valence-corrected chi connectivity index (χ1v) is 8.72. The maximum atomic E-state index is 15.2. The summed E-state index contributed by atoms with van der Waals surface area (Å²) in [6.45, 7) is 0. The van der Waals surface area contributed by atoms with E-state index in [9.17, 15) is 24.4 Å². The van der Waals surface area contributed by atoms with Crippen molar-refractivity contribution >= 4 is 49.9 Å². The van der Waals surface area contributed by atoms with E-state index in [1.165, 1.54) is 0 Å². The Kier molecular flexibility index (Phi) is 5.54. The van der Waals surface area contributed by atoms with Crippen LogP contribution in [0.2, 0.25) is 0 Å². The Morgan fingerprint density at radius 3 is 2.48 bits per heavy atom. The van der Waals surface area contributed by atoms with Gasteiger partial charge in [-0.05, 0) is 0 Å². The smallest absolute Gasteiger partial charge is 0.386 e. The van der Waals surface area contributed by atoms with E-state index in [4.69, 9.17) is 45.5 Å². The van der Waals surface area contributed by atoms with Gasteiger partial charge in [0.15, 0.2) is 6.29 Å². The zero-order valence-corrected chi connectivity index (χ0v) is 14.8. The van der Waals surface area contributed by atoms with E-state index in [1.54, 1.807) is 0 Å². The Morgan fingerprint density at radius 2 is 2.00 bits per heavy atom. The fraction of sp³-hybridized carbons (Fsp3) is 0.500. The van der Waals surface area contributed by atoms with Crippen LogP contribution in [0.25, 0.3) is 0 Å². The molecule has 1 saturated heterocycles. The molecule has 1 aromatic heterocycles. The predicted octanol–water partition coefficient (Wildman–Crippen LogP) is -2.98. The number of aliphatic hydroxyl groups excluding tert-OH is 2. The fourth-order valence-electron chi connectivity index (χ4n) is 2.38. The minimum atomic E-state index is -5.51. The van der Waals surface area contributed by atoms with Crippen molar-refractivity contribution in [2.24, 2.45) is 0 Å². The van der Waals surface area contributed by atoms with Gasteiger partial charge in [-0.1, -0.05) is 12.2 Å². The van der Waals surface area contributed by atoms with Crippen molar-refractivity contribution in [1.29, 1.82) is 0 Å². The molecular formula is C10H9B3FN2O9PS. The number of carbonyl (C=O) groups is 1. The van der Waals surface area contributed by atoms with E-state index < -0.39 is 42.6 Å². The summed E-state index contributed by atoms with van der Waals surface area (Å²) in [5.41, 5.74) is -4.46. The van der Waals surface area contributed by atoms with E-state index in [2.05, 4.69) is 9.26 Å². The van der Waals surface area contributed by atoms with Crippen LogP contribution in [0, 0.1) is 4.64 Å². The molecule has 1 aromatic rings. The number of nitrogens with one attached hydrogen (secondary N) is 1. The van der Waals surface area contributed by atoms with Gasteiger partial charge in [0.25, 0.3) is 5.85 Å². The Labute approximate surface area is 159 Å². The molecule has 27 heavy (non-hydrogen) atoms. The standard InChI is InChI=1S/C10H9B3FN2O9PS/c11-9(16-1-3(2-17)6(27)15-7(16)20)5(19)4(18)8(14,24-9)10(12,13)25-26(21,22)23/h1-2,4-5,18-19H,(H,15,20,27)(H2,21,22,23)/t4-,5+,8-,9-/m0/s1. The van der Waals surface area contributed by atoms with Gasteiger partial charge in [0, 0.05) is 6.20 Å². The van der Waals surface area contributed by atoms with E-state index in [1.807, 2.05) is 4.98 Å². The molecule has 2 rings (SSSR count). The lowest BCUT2D eigenvalue weighted by atomic mass is 9.59. The third kappa shape index (κ3) is 3.63. The van der Waals surface area contributed by atoms with Crippen molar-refractivity contribution in [3.63, 3.8) is 0 Å². The van der Waals surface area contributed by atoms with Gasteiger partial charge in [-0.25, -0.2) is 13.8 Å². The number of alkyl halides is 1. The molecule has 1 aliphatic rings. The number of aromatic amines is 1. The summed E-state index contributed by atoms with van der Waals surface area (Å²) in [5.74, 6) is -3.92. The summed E-state index contributed by atoms with van der Waals surface area (Å²) in [6, 6.07) is 0. The van der Waals surface area contributed by atoms with Gasteiger partial charge in [-0.15, -0.1) is 0 Å². The number of hydrogen-bond donors (Lipinski definition) is 5. The van der Waals surface area contributed by atoms with Crippen LogP contribution >= 0.6 is 20.0 Å². The van der Waals surface area contributed by atoms with Gasteiger partial charge in [-0.3, -0.25) is 18.9 Å². The van der Waals surface area contributed by atoms with Gasteiger partial charge in [-0.2, -0.15) is 0 Å². The molecule has 0 unspecified atom stereocenters. The number of aromatic nitrogens is 2. The molecular weight excluding hydrogens is 407 g/mol. The summed E-state index contributed by atoms with van der Waals surface area (Å²) in [4.78, 5) is 42.6. The molecule has 17 heteroatoms. The third-order valence-corrected chi connectivity index (χ3v) is 4.57. The van der Waals surface area contributed by atoms with Crippen molar-refractivity contribution < 1.29 is 43.0 Å². The summed E-state index contributed by atoms with van der Waals surface area (Å²) < 4.78 is 34.6. The largest absolute Gasteiger partial charge is 0.468 e. The van der Waals surface area contributed by atoms with E-state index in [0.29, 0.717) is 6.20 Å². The molecule has 4 atom stereocenters. The third-order valence-electron chi connectivity index (χ3n) is 3.69. The number of H-pyrrole nitrogens is 1. The number of carbonyl (C=O) groups excluding carboxylic acids is 1. The van der Waals surface area contributed by atoms with E-state index in [-0.39, 0.29) is 21.1 Å². The summed E-state index contributed by atoms with van der Waals surface area (Å²) in [5, 5.41) is 16.6. The molecule has 140 valence electrons. The van der Waals surface area contributed by atoms with Crippen molar-refractivity contribution in [3.8, 4) is 0 Å². The molecule has 0 saturated carbocycles. The number of nitrogens with zero attached hydrogens (tertiary/aromatic N) is 1. The van der Waals surface area contributed by atoms with Gasteiger partial charge in [0.1, 0.15) is 46.0 Å². The average molecular weight is 416 g/mol. The highest BCUT2D eigenvalue weighted by Gasteiger charge is 2.68. The normalized spacial score (nSPS) is 31.7. The highest BCUT2D eigenvalue weighted by Crippen LogP contribution is 2.50. The average Bonchev–Trinajstić information content (AvgIpc) is 2.68. The molecule has 0 aliphatic carbocycles. The Balaban J connectivity index is 2.62. The van der Waals surface area contributed by atoms with E-state index in [0.717, 1.165) is 0 Å². The van der Waals surface area contributed by atoms with Crippen LogP contribution in [-0.2, 0) is 19.4 Å². The Hall–Kier alpha value is -1.12. The monoisotopic (exact) mass is 416 g/mol. The highest BCUT2D eigenvalue weighted by atomic mass is 32.1. The lowest BCUT2D eigenvalue weighted by Gasteiger charge is -2.40. The SMILES string of the molecule is [B]C([B])(OP(=O)(O)O)[C@@]1(F)O[C@@]([B])(n2cc(C=O)c(=S)[nH]c2=O)[C@H](O)[C@@H]1O. The lowest BCUT2D eigenvalue weighted by molar-refractivity contribution is -0.240. The van der Waals surface area contributed by atoms with Gasteiger partial charge in [0.05, 0.1) is 11.0 Å². The second-order valence-electron chi connectivity index (χ2n) is 5.60. The summed E-state index contributed by atoms with van der Waals surface area (Å²) in [6.07, 6.45) is -4.34. The number of rotatable bonds is 5. The van der Waals surface area contributed by atoms with Crippen LogP contribution in [0.3, 0.4) is 0 Å². The van der Waals surface area contributed by atoms with Gasteiger partial charge < -0.3 is 24.7 Å². The van der Waals surface area contributed by atoms with Crippen molar-refractivity contribution in [1.82, 2.24) is 9.55 Å². The zero-order valence-electron chi connectivity index (χ0n) is 13.1. The number of aliphatic hydroxyl groups is 2. The number of phosphoric ester groups is 1. The molecule has 1 fully saturated rings. The van der Waals surface area contributed by atoms with Crippen molar-refractivity contribution in [3.05, 3.63) is 26.9 Å². The zero-order chi connectivity index (χ0) is 21.0.